The molecule has 2 amide bonds. The number of H-pyrrole nitrogens is 1. The third kappa shape index (κ3) is 4.12. The molecule has 1 unspecified atom stereocenters. The highest BCUT2D eigenvalue weighted by atomic mass is 16.5. The quantitative estimate of drug-likeness (QED) is 0.850. The second kappa shape index (κ2) is 8.31. The summed E-state index contributed by atoms with van der Waals surface area (Å²) in [6, 6.07) is 6.77. The molecule has 3 heterocycles. The van der Waals surface area contributed by atoms with Crippen molar-refractivity contribution in [3.05, 3.63) is 35.5 Å². The summed E-state index contributed by atoms with van der Waals surface area (Å²) in [7, 11) is 0. The van der Waals surface area contributed by atoms with Gasteiger partial charge in [-0.3, -0.25) is 4.90 Å². The van der Waals surface area contributed by atoms with Gasteiger partial charge in [-0.1, -0.05) is 18.2 Å². The minimum atomic E-state index is 0.0850. The maximum atomic E-state index is 12.7. The van der Waals surface area contributed by atoms with Crippen molar-refractivity contribution in [2.75, 3.05) is 45.9 Å². The summed E-state index contributed by atoms with van der Waals surface area (Å²) in [5.74, 6) is 0. The third-order valence-electron chi connectivity index (χ3n) is 5.89. The number of hydrogen-bond donors (Lipinski definition) is 2. The lowest BCUT2D eigenvalue weighted by molar-refractivity contribution is 0.0292. The molecular weight excluding hydrogens is 340 g/mol. The molecule has 0 saturated carbocycles. The number of para-hydroxylation sites is 1. The Kier molecular flexibility index (Phi) is 5.64. The van der Waals surface area contributed by atoms with Crippen molar-refractivity contribution in [3.8, 4) is 0 Å². The average molecular weight is 370 g/mol. The van der Waals surface area contributed by atoms with E-state index in [0.29, 0.717) is 12.6 Å². The second-order valence-corrected chi connectivity index (χ2v) is 7.70. The topological polar surface area (TPSA) is 60.6 Å². The Morgan fingerprint density at radius 1 is 1.30 bits per heavy atom. The van der Waals surface area contributed by atoms with E-state index in [2.05, 4.69) is 46.5 Å². The number of hydrogen-bond acceptors (Lipinski definition) is 3. The SMILES string of the molecule is Cc1cccc2c(CCNC(=O)N3CCCC3CN3CCOCC3)c[nH]c12. The van der Waals surface area contributed by atoms with Gasteiger partial charge < -0.3 is 19.9 Å². The average Bonchev–Trinajstić information content (AvgIpc) is 3.31. The van der Waals surface area contributed by atoms with E-state index in [4.69, 9.17) is 4.74 Å². The number of amides is 2. The number of ether oxygens (including phenoxy) is 1. The van der Waals surface area contributed by atoms with Gasteiger partial charge in [0, 0.05) is 55.9 Å². The van der Waals surface area contributed by atoms with Crippen LogP contribution in [0.25, 0.3) is 10.9 Å². The van der Waals surface area contributed by atoms with Crippen molar-refractivity contribution in [2.45, 2.75) is 32.2 Å². The standard InChI is InChI=1S/C21H30N4O2/c1-16-4-2-6-19-17(14-23-20(16)19)7-8-22-21(26)25-9-3-5-18(25)15-24-10-12-27-13-11-24/h2,4,6,14,18,23H,3,5,7-13,15H2,1H3,(H,22,26). The third-order valence-corrected chi connectivity index (χ3v) is 5.89. The second-order valence-electron chi connectivity index (χ2n) is 7.70. The van der Waals surface area contributed by atoms with Crippen molar-refractivity contribution < 1.29 is 9.53 Å². The van der Waals surface area contributed by atoms with Gasteiger partial charge in [-0.15, -0.1) is 0 Å². The summed E-state index contributed by atoms with van der Waals surface area (Å²) < 4.78 is 5.43. The fraction of sp³-hybridized carbons (Fsp3) is 0.571. The maximum absolute atomic E-state index is 12.7. The fourth-order valence-electron chi connectivity index (χ4n) is 4.35. The van der Waals surface area contributed by atoms with Crippen LogP contribution in [-0.2, 0) is 11.2 Å². The predicted molar refractivity (Wildman–Crippen MR) is 107 cm³/mol. The van der Waals surface area contributed by atoms with Crippen LogP contribution in [0, 0.1) is 6.92 Å². The molecule has 0 radical (unpaired) electrons. The zero-order chi connectivity index (χ0) is 18.6. The number of aromatic amines is 1. The molecule has 4 rings (SSSR count). The van der Waals surface area contributed by atoms with E-state index in [1.54, 1.807) is 0 Å². The van der Waals surface area contributed by atoms with E-state index >= 15 is 0 Å². The first-order chi connectivity index (χ1) is 13.2. The summed E-state index contributed by atoms with van der Waals surface area (Å²) in [6.45, 7) is 8.20. The molecule has 2 aromatic rings. The zero-order valence-corrected chi connectivity index (χ0v) is 16.2. The van der Waals surface area contributed by atoms with Gasteiger partial charge in [0.15, 0.2) is 0 Å². The molecule has 2 N–H and O–H groups in total. The Balaban J connectivity index is 1.29. The molecule has 1 aromatic heterocycles. The van der Waals surface area contributed by atoms with Crippen LogP contribution in [0.3, 0.4) is 0 Å². The summed E-state index contributed by atoms with van der Waals surface area (Å²) in [5, 5.41) is 4.40. The lowest BCUT2D eigenvalue weighted by atomic mass is 10.1. The van der Waals surface area contributed by atoms with Gasteiger partial charge in [-0.25, -0.2) is 4.79 Å². The van der Waals surface area contributed by atoms with Crippen LogP contribution in [0.1, 0.15) is 24.0 Å². The molecule has 1 aromatic carbocycles. The van der Waals surface area contributed by atoms with E-state index in [1.807, 2.05) is 4.90 Å². The van der Waals surface area contributed by atoms with Crippen LogP contribution in [0.15, 0.2) is 24.4 Å². The molecule has 2 fully saturated rings. The van der Waals surface area contributed by atoms with E-state index < -0.39 is 0 Å². The maximum Gasteiger partial charge on any atom is 0.317 e. The van der Waals surface area contributed by atoms with Crippen LogP contribution < -0.4 is 5.32 Å². The number of rotatable bonds is 5. The highest BCUT2D eigenvalue weighted by molar-refractivity contribution is 5.86. The highest BCUT2D eigenvalue weighted by Gasteiger charge is 2.30. The fourth-order valence-corrected chi connectivity index (χ4v) is 4.35. The molecule has 6 heteroatoms. The molecule has 2 aliphatic rings. The van der Waals surface area contributed by atoms with Crippen LogP contribution >= 0.6 is 0 Å². The molecule has 6 nitrogen and oxygen atoms in total. The summed E-state index contributed by atoms with van der Waals surface area (Å²) in [6.07, 6.45) is 5.12. The lowest BCUT2D eigenvalue weighted by Crippen LogP contribution is -2.49. The molecule has 2 aliphatic heterocycles. The predicted octanol–water partition coefficient (Wildman–Crippen LogP) is 2.53. The molecule has 2 saturated heterocycles. The number of urea groups is 1. The number of aryl methyl sites for hydroxylation is 1. The molecule has 0 bridgehead atoms. The summed E-state index contributed by atoms with van der Waals surface area (Å²) in [5.41, 5.74) is 3.72. The number of fused-ring (bicyclic) bond motifs is 1. The number of carbonyl (C=O) groups excluding carboxylic acids is 1. The van der Waals surface area contributed by atoms with E-state index in [0.717, 1.165) is 58.7 Å². The smallest absolute Gasteiger partial charge is 0.317 e. The first-order valence-corrected chi connectivity index (χ1v) is 10.1. The molecule has 146 valence electrons. The molecule has 1 atom stereocenters. The van der Waals surface area contributed by atoms with E-state index in [1.165, 1.54) is 22.0 Å². The van der Waals surface area contributed by atoms with Gasteiger partial charge in [0.2, 0.25) is 0 Å². The monoisotopic (exact) mass is 370 g/mol. The van der Waals surface area contributed by atoms with Gasteiger partial charge in [0.25, 0.3) is 0 Å². The highest BCUT2D eigenvalue weighted by Crippen LogP contribution is 2.22. The number of nitrogens with zero attached hydrogens (tertiary/aromatic N) is 2. The first kappa shape index (κ1) is 18.3. The first-order valence-electron chi connectivity index (χ1n) is 10.1. The Hall–Kier alpha value is -2.05. The zero-order valence-electron chi connectivity index (χ0n) is 16.2. The number of likely N-dealkylation sites (tertiary alicyclic amines) is 1. The lowest BCUT2D eigenvalue weighted by Gasteiger charge is -2.32. The Morgan fingerprint density at radius 2 is 2.15 bits per heavy atom. The van der Waals surface area contributed by atoms with Crippen molar-refractivity contribution in [3.63, 3.8) is 0 Å². The minimum absolute atomic E-state index is 0.0850. The van der Waals surface area contributed by atoms with Gasteiger partial charge in [-0.05, 0) is 37.3 Å². The Morgan fingerprint density at radius 3 is 3.00 bits per heavy atom. The number of aromatic nitrogens is 1. The molecular formula is C21H30N4O2. The summed E-state index contributed by atoms with van der Waals surface area (Å²) in [4.78, 5) is 20.5. The van der Waals surface area contributed by atoms with Crippen LogP contribution in [0.2, 0.25) is 0 Å². The van der Waals surface area contributed by atoms with Crippen molar-refractivity contribution >= 4 is 16.9 Å². The number of morpholine rings is 1. The number of carbonyl (C=O) groups is 1. The van der Waals surface area contributed by atoms with Gasteiger partial charge in [0.1, 0.15) is 0 Å². The normalized spacial score (nSPS) is 21.1. The largest absolute Gasteiger partial charge is 0.379 e. The Labute approximate surface area is 160 Å². The minimum Gasteiger partial charge on any atom is -0.379 e. The van der Waals surface area contributed by atoms with Crippen LogP contribution in [-0.4, -0.2) is 72.8 Å². The molecule has 0 aliphatic carbocycles. The van der Waals surface area contributed by atoms with Gasteiger partial charge >= 0.3 is 6.03 Å². The Bertz CT molecular complexity index is 782. The summed E-state index contributed by atoms with van der Waals surface area (Å²) >= 11 is 0. The number of nitrogens with one attached hydrogen (secondary N) is 2. The number of benzene rings is 1. The van der Waals surface area contributed by atoms with Gasteiger partial charge in [-0.2, -0.15) is 0 Å². The van der Waals surface area contributed by atoms with Crippen molar-refractivity contribution in [2.24, 2.45) is 0 Å². The van der Waals surface area contributed by atoms with Gasteiger partial charge in [0.05, 0.1) is 13.2 Å². The van der Waals surface area contributed by atoms with Crippen LogP contribution in [0.5, 0.6) is 0 Å². The van der Waals surface area contributed by atoms with E-state index in [-0.39, 0.29) is 6.03 Å². The molecule has 27 heavy (non-hydrogen) atoms. The van der Waals surface area contributed by atoms with Crippen LogP contribution in [0.4, 0.5) is 4.79 Å². The van der Waals surface area contributed by atoms with Crippen molar-refractivity contribution in [1.82, 2.24) is 20.1 Å². The molecule has 0 spiro atoms. The van der Waals surface area contributed by atoms with E-state index in [9.17, 15) is 4.79 Å². The van der Waals surface area contributed by atoms with Crippen molar-refractivity contribution in [1.29, 1.82) is 0 Å².